The third-order valence-electron chi connectivity index (χ3n) is 0.843. The topological polar surface area (TPSA) is 29.4 Å². The lowest BCUT2D eigenvalue weighted by atomic mass is 10.2. The van der Waals surface area contributed by atoms with E-state index in [2.05, 4.69) is 18.3 Å². The SMILES string of the molecule is C=CC(/C=C/C=O)=C\N=C. The summed E-state index contributed by atoms with van der Waals surface area (Å²) in [5.74, 6) is 0. The quantitative estimate of drug-likeness (QED) is 0.248. The number of aliphatic imine (C=N–C) groups is 1. The van der Waals surface area contributed by atoms with Gasteiger partial charge in [-0.15, -0.1) is 0 Å². The van der Waals surface area contributed by atoms with Crippen molar-refractivity contribution in [3.05, 3.63) is 36.6 Å². The minimum absolute atomic E-state index is 0.695. The van der Waals surface area contributed by atoms with Gasteiger partial charge in [0.2, 0.25) is 0 Å². The summed E-state index contributed by atoms with van der Waals surface area (Å²) in [5.41, 5.74) is 0.766. The van der Waals surface area contributed by atoms with Crippen LogP contribution >= 0.6 is 0 Å². The standard InChI is InChI=1S/C8H9NO/c1-3-8(7-9-2)5-4-6-10/h3-7H,1-2H2/b5-4+,8-7+. The molecule has 0 unspecified atom stereocenters. The minimum Gasteiger partial charge on any atom is -0.299 e. The van der Waals surface area contributed by atoms with Crippen molar-refractivity contribution in [2.75, 3.05) is 0 Å². The van der Waals surface area contributed by atoms with Crippen molar-refractivity contribution in [1.29, 1.82) is 0 Å². The van der Waals surface area contributed by atoms with Gasteiger partial charge in [0.05, 0.1) is 0 Å². The van der Waals surface area contributed by atoms with Gasteiger partial charge >= 0.3 is 0 Å². The van der Waals surface area contributed by atoms with E-state index < -0.39 is 0 Å². The lowest BCUT2D eigenvalue weighted by Crippen LogP contribution is -1.68. The third-order valence-corrected chi connectivity index (χ3v) is 0.843. The fourth-order valence-electron chi connectivity index (χ4n) is 0.420. The molecule has 0 saturated carbocycles. The molecule has 0 aromatic carbocycles. The molecule has 10 heavy (non-hydrogen) atoms. The number of carbonyl (C=O) groups is 1. The van der Waals surface area contributed by atoms with Gasteiger partial charge in [0, 0.05) is 6.20 Å². The molecule has 0 radical (unpaired) electrons. The van der Waals surface area contributed by atoms with Crippen LogP contribution in [0.3, 0.4) is 0 Å². The summed E-state index contributed by atoms with van der Waals surface area (Å²) in [4.78, 5) is 13.3. The Bertz CT molecular complexity index is 189. The minimum atomic E-state index is 0.695. The molecule has 0 amide bonds. The van der Waals surface area contributed by atoms with Gasteiger partial charge in [-0.1, -0.05) is 18.7 Å². The van der Waals surface area contributed by atoms with Crippen LogP contribution in [0, 0.1) is 0 Å². The fourth-order valence-corrected chi connectivity index (χ4v) is 0.420. The maximum absolute atomic E-state index is 9.83. The van der Waals surface area contributed by atoms with E-state index in [0.717, 1.165) is 5.57 Å². The molecule has 0 rings (SSSR count). The predicted molar refractivity (Wildman–Crippen MR) is 43.0 cm³/mol. The molecule has 2 heteroatoms. The second-order valence-corrected chi connectivity index (χ2v) is 1.51. The van der Waals surface area contributed by atoms with E-state index in [4.69, 9.17) is 0 Å². The molecule has 0 aromatic heterocycles. The fraction of sp³-hybridized carbons (Fsp3) is 0. The first-order valence-corrected chi connectivity index (χ1v) is 2.75. The monoisotopic (exact) mass is 135 g/mol. The lowest BCUT2D eigenvalue weighted by molar-refractivity contribution is -0.104. The number of allylic oxidation sites excluding steroid dienone is 4. The number of hydrogen-bond donors (Lipinski definition) is 0. The van der Waals surface area contributed by atoms with Crippen LogP contribution in [0.25, 0.3) is 0 Å². The molecule has 0 heterocycles. The normalized spacial score (nSPS) is 11.4. The van der Waals surface area contributed by atoms with Crippen LogP contribution < -0.4 is 0 Å². The summed E-state index contributed by atoms with van der Waals surface area (Å²) in [5, 5.41) is 0. The van der Waals surface area contributed by atoms with Crippen molar-refractivity contribution in [3.8, 4) is 0 Å². The Labute approximate surface area is 60.3 Å². The van der Waals surface area contributed by atoms with Gasteiger partial charge in [0.15, 0.2) is 0 Å². The van der Waals surface area contributed by atoms with Crippen molar-refractivity contribution >= 4 is 13.0 Å². The smallest absolute Gasteiger partial charge is 0.142 e. The highest BCUT2D eigenvalue weighted by molar-refractivity contribution is 5.66. The molecule has 0 aliphatic heterocycles. The van der Waals surface area contributed by atoms with Crippen LogP contribution in [-0.4, -0.2) is 13.0 Å². The van der Waals surface area contributed by atoms with E-state index >= 15 is 0 Å². The summed E-state index contributed by atoms with van der Waals surface area (Å²) in [6.45, 7) is 6.77. The molecule has 0 bridgehead atoms. The Morgan fingerprint density at radius 1 is 1.50 bits per heavy atom. The first-order chi connectivity index (χ1) is 4.85. The Kier molecular flexibility index (Phi) is 4.87. The highest BCUT2D eigenvalue weighted by Crippen LogP contribution is 1.96. The molecular weight excluding hydrogens is 126 g/mol. The van der Waals surface area contributed by atoms with E-state index in [1.165, 1.54) is 12.3 Å². The summed E-state index contributed by atoms with van der Waals surface area (Å²) < 4.78 is 0. The van der Waals surface area contributed by atoms with E-state index in [9.17, 15) is 4.79 Å². The van der Waals surface area contributed by atoms with E-state index in [-0.39, 0.29) is 0 Å². The maximum atomic E-state index is 9.83. The number of rotatable bonds is 4. The Morgan fingerprint density at radius 2 is 2.20 bits per heavy atom. The van der Waals surface area contributed by atoms with E-state index in [1.807, 2.05) is 0 Å². The van der Waals surface area contributed by atoms with Gasteiger partial charge in [0.25, 0.3) is 0 Å². The first kappa shape index (κ1) is 8.56. The zero-order valence-electron chi connectivity index (χ0n) is 5.66. The number of nitrogens with zero attached hydrogens (tertiary/aromatic N) is 1. The molecule has 0 aliphatic rings. The lowest BCUT2D eigenvalue weighted by Gasteiger charge is -1.84. The van der Waals surface area contributed by atoms with Crippen molar-refractivity contribution < 1.29 is 4.79 Å². The summed E-state index contributed by atoms with van der Waals surface area (Å²) >= 11 is 0. The first-order valence-electron chi connectivity index (χ1n) is 2.75. The molecule has 0 saturated heterocycles. The molecule has 0 fully saturated rings. The molecular formula is C8H9NO. The molecule has 0 aliphatic carbocycles. The zero-order valence-corrected chi connectivity index (χ0v) is 5.66. The van der Waals surface area contributed by atoms with Crippen LogP contribution in [0.4, 0.5) is 0 Å². The molecule has 0 N–H and O–H groups in total. The number of aldehydes is 1. The maximum Gasteiger partial charge on any atom is 0.142 e. The molecule has 0 aromatic rings. The zero-order chi connectivity index (χ0) is 7.82. The molecule has 52 valence electrons. The Morgan fingerprint density at radius 3 is 2.60 bits per heavy atom. The van der Waals surface area contributed by atoms with Gasteiger partial charge in [-0.25, -0.2) is 0 Å². The number of carbonyl (C=O) groups excluding carboxylic acids is 1. The highest BCUT2D eigenvalue weighted by atomic mass is 16.1. The predicted octanol–water partition coefficient (Wildman–Crippen LogP) is 1.51. The highest BCUT2D eigenvalue weighted by Gasteiger charge is 1.78. The average molecular weight is 135 g/mol. The van der Waals surface area contributed by atoms with Crippen LogP contribution in [0.1, 0.15) is 0 Å². The van der Waals surface area contributed by atoms with E-state index in [0.29, 0.717) is 6.29 Å². The van der Waals surface area contributed by atoms with Crippen LogP contribution in [0.2, 0.25) is 0 Å². The van der Waals surface area contributed by atoms with Crippen molar-refractivity contribution in [2.45, 2.75) is 0 Å². The van der Waals surface area contributed by atoms with Crippen LogP contribution in [0.15, 0.2) is 41.6 Å². The molecule has 0 atom stereocenters. The van der Waals surface area contributed by atoms with Gasteiger partial charge < -0.3 is 0 Å². The van der Waals surface area contributed by atoms with Crippen LogP contribution in [0.5, 0.6) is 0 Å². The number of hydrogen-bond acceptors (Lipinski definition) is 2. The largest absolute Gasteiger partial charge is 0.299 e. The van der Waals surface area contributed by atoms with Crippen molar-refractivity contribution in [2.24, 2.45) is 4.99 Å². The van der Waals surface area contributed by atoms with Crippen molar-refractivity contribution in [1.82, 2.24) is 0 Å². The average Bonchev–Trinajstić information content (AvgIpc) is 1.98. The summed E-state index contributed by atoms with van der Waals surface area (Å²) in [7, 11) is 0. The van der Waals surface area contributed by atoms with Gasteiger partial charge in [-0.2, -0.15) is 0 Å². The van der Waals surface area contributed by atoms with E-state index in [1.54, 1.807) is 12.2 Å². The summed E-state index contributed by atoms with van der Waals surface area (Å²) in [6, 6.07) is 0. The van der Waals surface area contributed by atoms with Crippen molar-refractivity contribution in [3.63, 3.8) is 0 Å². The summed E-state index contributed by atoms with van der Waals surface area (Å²) in [6.07, 6.45) is 6.79. The second-order valence-electron chi connectivity index (χ2n) is 1.51. The third kappa shape index (κ3) is 3.55. The van der Waals surface area contributed by atoms with Gasteiger partial charge in [-0.05, 0) is 18.4 Å². The Hall–Kier alpha value is -1.44. The second kappa shape index (κ2) is 5.69. The van der Waals surface area contributed by atoms with Gasteiger partial charge in [-0.3, -0.25) is 9.79 Å². The van der Waals surface area contributed by atoms with Gasteiger partial charge in [0.1, 0.15) is 6.29 Å². The molecule has 2 nitrogen and oxygen atoms in total. The van der Waals surface area contributed by atoms with Crippen LogP contribution in [-0.2, 0) is 4.79 Å². The Balaban J connectivity index is 4.20. The molecule has 0 spiro atoms.